The van der Waals surface area contributed by atoms with Gasteiger partial charge >= 0.3 is 0 Å². The van der Waals surface area contributed by atoms with Gasteiger partial charge in [0.2, 0.25) is 0 Å². The number of halogens is 2. The third-order valence-corrected chi connectivity index (χ3v) is 3.80. The van der Waals surface area contributed by atoms with E-state index in [1.54, 1.807) is 12.4 Å². The molecule has 0 unspecified atom stereocenters. The van der Waals surface area contributed by atoms with Crippen LogP contribution in [0.3, 0.4) is 0 Å². The SMILES string of the molecule is Cc1c(Br)cccc1Nc1ccncc1Br. The van der Waals surface area contributed by atoms with Crippen molar-refractivity contribution >= 4 is 43.2 Å². The first kappa shape index (κ1) is 11.6. The number of nitrogens with zero attached hydrogens (tertiary/aromatic N) is 1. The number of benzene rings is 1. The van der Waals surface area contributed by atoms with Crippen molar-refractivity contribution in [3.63, 3.8) is 0 Å². The maximum atomic E-state index is 4.03. The molecule has 1 heterocycles. The first-order chi connectivity index (χ1) is 7.68. The normalized spacial score (nSPS) is 10.2. The average Bonchev–Trinajstić information content (AvgIpc) is 2.28. The number of hydrogen-bond donors (Lipinski definition) is 1. The molecule has 0 aliphatic rings. The van der Waals surface area contributed by atoms with Gasteiger partial charge in [-0.05, 0) is 46.6 Å². The highest BCUT2D eigenvalue weighted by atomic mass is 79.9. The van der Waals surface area contributed by atoms with Crippen LogP contribution < -0.4 is 5.32 Å². The van der Waals surface area contributed by atoms with E-state index in [0.29, 0.717) is 0 Å². The van der Waals surface area contributed by atoms with Crippen LogP contribution in [0.15, 0.2) is 45.6 Å². The largest absolute Gasteiger partial charge is 0.354 e. The summed E-state index contributed by atoms with van der Waals surface area (Å²) in [6.07, 6.45) is 3.54. The summed E-state index contributed by atoms with van der Waals surface area (Å²) in [4.78, 5) is 4.03. The van der Waals surface area contributed by atoms with Crippen LogP contribution in [-0.4, -0.2) is 4.98 Å². The van der Waals surface area contributed by atoms with Gasteiger partial charge in [-0.15, -0.1) is 0 Å². The highest BCUT2D eigenvalue weighted by Gasteiger charge is 2.04. The van der Waals surface area contributed by atoms with Crippen LogP contribution in [0.25, 0.3) is 0 Å². The third kappa shape index (κ3) is 2.44. The van der Waals surface area contributed by atoms with Crippen molar-refractivity contribution in [3.8, 4) is 0 Å². The summed E-state index contributed by atoms with van der Waals surface area (Å²) in [5.41, 5.74) is 3.28. The summed E-state index contributed by atoms with van der Waals surface area (Å²) >= 11 is 6.97. The maximum absolute atomic E-state index is 4.03. The number of pyridine rings is 1. The standard InChI is InChI=1S/C12H10Br2N2/c1-8-9(13)3-2-4-11(8)16-12-5-6-15-7-10(12)14/h2-7H,1H3,(H,15,16). The Morgan fingerprint density at radius 3 is 2.62 bits per heavy atom. The van der Waals surface area contributed by atoms with E-state index >= 15 is 0 Å². The monoisotopic (exact) mass is 340 g/mol. The molecule has 2 nitrogen and oxygen atoms in total. The van der Waals surface area contributed by atoms with Gasteiger partial charge in [-0.1, -0.05) is 22.0 Å². The zero-order valence-corrected chi connectivity index (χ0v) is 11.8. The molecule has 0 radical (unpaired) electrons. The van der Waals surface area contributed by atoms with E-state index in [2.05, 4.69) is 49.1 Å². The summed E-state index contributed by atoms with van der Waals surface area (Å²) in [5.74, 6) is 0. The van der Waals surface area contributed by atoms with Crippen molar-refractivity contribution in [3.05, 3.63) is 51.2 Å². The zero-order chi connectivity index (χ0) is 11.5. The lowest BCUT2D eigenvalue weighted by Crippen LogP contribution is -1.94. The summed E-state index contributed by atoms with van der Waals surface area (Å²) in [6, 6.07) is 8.02. The van der Waals surface area contributed by atoms with Crippen LogP contribution in [0.2, 0.25) is 0 Å². The molecule has 2 rings (SSSR count). The minimum absolute atomic E-state index is 0.953. The molecule has 0 aliphatic heterocycles. The molecule has 0 aliphatic carbocycles. The van der Waals surface area contributed by atoms with Gasteiger partial charge in [-0.3, -0.25) is 4.98 Å². The minimum Gasteiger partial charge on any atom is -0.354 e. The molecule has 16 heavy (non-hydrogen) atoms. The van der Waals surface area contributed by atoms with Gasteiger partial charge in [0.25, 0.3) is 0 Å². The smallest absolute Gasteiger partial charge is 0.0593 e. The molecule has 0 amide bonds. The molecule has 1 N–H and O–H groups in total. The van der Waals surface area contributed by atoms with E-state index in [1.807, 2.05) is 24.3 Å². The van der Waals surface area contributed by atoms with Crippen LogP contribution in [0.4, 0.5) is 11.4 Å². The molecule has 1 aromatic carbocycles. The number of aromatic nitrogens is 1. The predicted molar refractivity (Wildman–Crippen MR) is 74.1 cm³/mol. The summed E-state index contributed by atoms with van der Waals surface area (Å²) in [5, 5.41) is 3.36. The molecule has 0 fully saturated rings. The van der Waals surface area contributed by atoms with Crippen molar-refractivity contribution in [2.45, 2.75) is 6.92 Å². The highest BCUT2D eigenvalue weighted by molar-refractivity contribution is 9.10. The van der Waals surface area contributed by atoms with Crippen molar-refractivity contribution < 1.29 is 0 Å². The Kier molecular flexibility index (Phi) is 3.61. The molecule has 1 aromatic heterocycles. The maximum Gasteiger partial charge on any atom is 0.0593 e. The van der Waals surface area contributed by atoms with Crippen molar-refractivity contribution in [2.24, 2.45) is 0 Å². The Balaban J connectivity index is 2.35. The van der Waals surface area contributed by atoms with Gasteiger partial charge in [0.1, 0.15) is 0 Å². The number of rotatable bonds is 2. The van der Waals surface area contributed by atoms with Crippen molar-refractivity contribution in [1.82, 2.24) is 4.98 Å². The molecule has 0 spiro atoms. The zero-order valence-electron chi connectivity index (χ0n) is 8.67. The molecule has 0 saturated carbocycles. The number of anilines is 2. The lowest BCUT2D eigenvalue weighted by molar-refractivity contribution is 1.30. The Bertz CT molecular complexity index is 512. The van der Waals surface area contributed by atoms with E-state index < -0.39 is 0 Å². The Hall–Kier alpha value is -0.870. The van der Waals surface area contributed by atoms with Gasteiger partial charge in [0.05, 0.1) is 10.2 Å². The van der Waals surface area contributed by atoms with E-state index in [0.717, 1.165) is 20.3 Å². The molecule has 82 valence electrons. The molecule has 0 bridgehead atoms. The fraction of sp³-hybridized carbons (Fsp3) is 0.0833. The minimum atomic E-state index is 0.953. The molecule has 4 heteroatoms. The van der Waals surface area contributed by atoms with E-state index in [-0.39, 0.29) is 0 Å². The molecular weight excluding hydrogens is 332 g/mol. The molecule has 0 saturated heterocycles. The van der Waals surface area contributed by atoms with Gasteiger partial charge < -0.3 is 5.32 Å². The summed E-state index contributed by atoms with van der Waals surface area (Å²) in [6.45, 7) is 2.07. The molecular formula is C12H10Br2N2. The third-order valence-electron chi connectivity index (χ3n) is 2.31. The number of nitrogens with one attached hydrogen (secondary N) is 1. The van der Waals surface area contributed by atoms with Crippen LogP contribution in [0.5, 0.6) is 0 Å². The first-order valence-corrected chi connectivity index (χ1v) is 6.39. The summed E-state index contributed by atoms with van der Waals surface area (Å²) in [7, 11) is 0. The second-order valence-electron chi connectivity index (χ2n) is 3.39. The van der Waals surface area contributed by atoms with Crippen LogP contribution in [0, 0.1) is 6.92 Å². The molecule has 2 aromatic rings. The number of hydrogen-bond acceptors (Lipinski definition) is 2. The van der Waals surface area contributed by atoms with Gasteiger partial charge in [0.15, 0.2) is 0 Å². The predicted octanol–water partition coefficient (Wildman–Crippen LogP) is 4.66. The second kappa shape index (κ2) is 4.97. The quantitative estimate of drug-likeness (QED) is 0.859. The lowest BCUT2D eigenvalue weighted by Gasteiger charge is -2.11. The Labute approximate surface area is 111 Å². The van der Waals surface area contributed by atoms with Crippen molar-refractivity contribution in [2.75, 3.05) is 5.32 Å². The summed E-state index contributed by atoms with van der Waals surface area (Å²) < 4.78 is 2.05. The van der Waals surface area contributed by atoms with Gasteiger partial charge in [-0.25, -0.2) is 0 Å². The fourth-order valence-electron chi connectivity index (χ4n) is 1.36. The fourth-order valence-corrected chi connectivity index (χ4v) is 2.08. The first-order valence-electron chi connectivity index (χ1n) is 4.80. The van der Waals surface area contributed by atoms with Crippen LogP contribution in [0.1, 0.15) is 5.56 Å². The van der Waals surface area contributed by atoms with Gasteiger partial charge in [-0.2, -0.15) is 0 Å². The topological polar surface area (TPSA) is 24.9 Å². The van der Waals surface area contributed by atoms with Crippen molar-refractivity contribution in [1.29, 1.82) is 0 Å². The van der Waals surface area contributed by atoms with E-state index in [4.69, 9.17) is 0 Å². The van der Waals surface area contributed by atoms with Gasteiger partial charge in [0, 0.05) is 22.6 Å². The average molecular weight is 342 g/mol. The van der Waals surface area contributed by atoms with Crippen LogP contribution >= 0.6 is 31.9 Å². The van der Waals surface area contributed by atoms with E-state index in [9.17, 15) is 0 Å². The highest BCUT2D eigenvalue weighted by Crippen LogP contribution is 2.29. The van der Waals surface area contributed by atoms with Crippen LogP contribution in [-0.2, 0) is 0 Å². The second-order valence-corrected chi connectivity index (χ2v) is 5.10. The van der Waals surface area contributed by atoms with E-state index in [1.165, 1.54) is 5.56 Å². The lowest BCUT2D eigenvalue weighted by atomic mass is 10.2. The Morgan fingerprint density at radius 1 is 1.06 bits per heavy atom. The Morgan fingerprint density at radius 2 is 1.88 bits per heavy atom. The molecule has 0 atom stereocenters.